The van der Waals surface area contributed by atoms with Crippen molar-refractivity contribution in [1.82, 2.24) is 4.57 Å². The lowest BCUT2D eigenvalue weighted by atomic mass is 9.89. The van der Waals surface area contributed by atoms with Crippen LogP contribution in [0, 0.1) is 0 Å². The van der Waals surface area contributed by atoms with Gasteiger partial charge in [-0.2, -0.15) is 0 Å². The van der Waals surface area contributed by atoms with E-state index >= 15 is 4.57 Å². The molecule has 0 unspecified atom stereocenters. The third-order valence-electron chi connectivity index (χ3n) is 7.96. The number of fused-ring (bicyclic) bond motifs is 3. The van der Waals surface area contributed by atoms with Crippen molar-refractivity contribution in [3.63, 3.8) is 0 Å². The van der Waals surface area contributed by atoms with Crippen LogP contribution in [0.15, 0.2) is 140 Å². The van der Waals surface area contributed by atoms with E-state index in [1.165, 1.54) is 0 Å². The monoisotopic (exact) mass is 557 g/mol. The molecule has 0 fully saturated rings. The maximum absolute atomic E-state index is 15.8. The Hall–Kier alpha value is -4.17. The van der Waals surface area contributed by atoms with E-state index in [-0.39, 0.29) is 5.91 Å². The third-order valence-corrected chi connectivity index (χ3v) is 11.6. The van der Waals surface area contributed by atoms with Gasteiger partial charge in [0.2, 0.25) is 5.91 Å². The molecule has 0 N–H and O–H groups in total. The van der Waals surface area contributed by atoms with Gasteiger partial charge in [-0.05, 0) is 29.3 Å². The molecule has 6 aromatic rings. The van der Waals surface area contributed by atoms with Gasteiger partial charge in [0, 0.05) is 38.2 Å². The fourth-order valence-corrected chi connectivity index (χ4v) is 9.73. The molecule has 1 aliphatic heterocycles. The zero-order valence-corrected chi connectivity index (χ0v) is 23.2. The molecule has 0 radical (unpaired) electrons. The van der Waals surface area contributed by atoms with E-state index in [1.54, 1.807) is 0 Å². The molecule has 3 nitrogen and oxygen atoms in total. The van der Waals surface area contributed by atoms with E-state index in [2.05, 4.69) is 18.2 Å². The highest BCUT2D eigenvalue weighted by atomic mass is 35.5. The Morgan fingerprint density at radius 3 is 1.75 bits per heavy atom. The molecule has 0 amide bonds. The van der Waals surface area contributed by atoms with E-state index in [9.17, 15) is 4.79 Å². The molecule has 5 aromatic carbocycles. The van der Waals surface area contributed by atoms with Gasteiger partial charge in [0.05, 0.1) is 5.52 Å². The van der Waals surface area contributed by atoms with Crippen molar-refractivity contribution < 1.29 is 9.36 Å². The van der Waals surface area contributed by atoms with Crippen molar-refractivity contribution in [1.29, 1.82) is 0 Å². The molecule has 1 aromatic heterocycles. The summed E-state index contributed by atoms with van der Waals surface area (Å²) in [6.45, 7) is 0. The first kappa shape index (κ1) is 24.8. The molecule has 5 heteroatoms. The molecular formula is C35H25ClNO2P. The number of hydrogen-bond acceptors (Lipinski definition) is 2. The Morgan fingerprint density at radius 1 is 0.625 bits per heavy atom. The van der Waals surface area contributed by atoms with E-state index < -0.39 is 18.7 Å². The summed E-state index contributed by atoms with van der Waals surface area (Å²) in [4.78, 5) is 14.9. The molecular weight excluding hydrogens is 533 g/mol. The van der Waals surface area contributed by atoms with Crippen LogP contribution in [-0.4, -0.2) is 16.1 Å². The van der Waals surface area contributed by atoms with Gasteiger partial charge in [-0.3, -0.25) is 9.36 Å². The second-order valence-electron chi connectivity index (χ2n) is 10.1. The lowest BCUT2D eigenvalue weighted by molar-refractivity contribution is 0.0930. The number of carbonyl (C=O) groups excluding carboxylic acids is 1. The second kappa shape index (κ2) is 9.78. The molecule has 0 aliphatic carbocycles. The van der Waals surface area contributed by atoms with Crippen LogP contribution in [0.1, 0.15) is 22.0 Å². The fraction of sp³-hybridized carbons (Fsp3) is 0.0571. The molecule has 0 saturated carbocycles. The molecule has 40 heavy (non-hydrogen) atoms. The molecule has 0 spiro atoms. The van der Waals surface area contributed by atoms with E-state index in [4.69, 9.17) is 11.6 Å². The SMILES string of the molecule is O=C1[C@@H](P(=O)(c2ccccc2)c2ccccc2)[C@H](c2ccc(Cl)cc2)c2c(-c3ccccc3)c3ccccc3n21. The molecule has 0 bridgehead atoms. The zero-order valence-electron chi connectivity index (χ0n) is 21.5. The Morgan fingerprint density at radius 2 is 1.15 bits per heavy atom. The highest BCUT2D eigenvalue weighted by molar-refractivity contribution is 7.80. The van der Waals surface area contributed by atoms with Crippen molar-refractivity contribution in [3.05, 3.63) is 156 Å². The average molecular weight is 558 g/mol. The largest absolute Gasteiger partial charge is 0.313 e. The predicted octanol–water partition coefficient (Wildman–Crippen LogP) is 8.13. The summed E-state index contributed by atoms with van der Waals surface area (Å²) in [5.74, 6) is -0.608. The van der Waals surface area contributed by atoms with Gasteiger partial charge in [-0.25, -0.2) is 0 Å². The van der Waals surface area contributed by atoms with Crippen LogP contribution < -0.4 is 10.6 Å². The number of benzene rings is 5. The van der Waals surface area contributed by atoms with Gasteiger partial charge in [-0.15, -0.1) is 0 Å². The summed E-state index contributed by atoms with van der Waals surface area (Å²) in [6, 6.07) is 44.8. The summed E-state index contributed by atoms with van der Waals surface area (Å²) in [7, 11) is -3.50. The first-order chi connectivity index (χ1) is 19.6. The van der Waals surface area contributed by atoms with Crippen LogP contribution in [0.5, 0.6) is 0 Å². The van der Waals surface area contributed by atoms with Crippen LogP contribution >= 0.6 is 18.7 Å². The Kier molecular flexibility index (Phi) is 6.08. The smallest absolute Gasteiger partial charge is 0.243 e. The second-order valence-corrected chi connectivity index (χ2v) is 13.5. The third kappa shape index (κ3) is 3.73. The van der Waals surface area contributed by atoms with Gasteiger partial charge in [0.15, 0.2) is 7.14 Å². The minimum atomic E-state index is -3.50. The normalized spacial score (nSPS) is 16.8. The quantitative estimate of drug-likeness (QED) is 0.201. The summed E-state index contributed by atoms with van der Waals surface area (Å²) in [6.07, 6.45) is 0. The minimum Gasteiger partial charge on any atom is -0.313 e. The number of nitrogens with zero attached hydrogens (tertiary/aromatic N) is 1. The van der Waals surface area contributed by atoms with Gasteiger partial charge in [0.1, 0.15) is 5.66 Å². The van der Waals surface area contributed by atoms with Gasteiger partial charge < -0.3 is 4.57 Å². The van der Waals surface area contributed by atoms with Crippen molar-refractivity contribution >= 4 is 46.2 Å². The first-order valence-electron chi connectivity index (χ1n) is 13.3. The number of para-hydroxylation sites is 1. The Balaban J connectivity index is 1.60. The van der Waals surface area contributed by atoms with Gasteiger partial charge >= 0.3 is 0 Å². The maximum atomic E-state index is 15.8. The van der Waals surface area contributed by atoms with Crippen molar-refractivity contribution in [3.8, 4) is 11.1 Å². The number of aromatic nitrogens is 1. The number of halogens is 1. The summed E-state index contributed by atoms with van der Waals surface area (Å²) >= 11 is 6.33. The van der Waals surface area contributed by atoms with Crippen LogP contribution in [0.2, 0.25) is 5.02 Å². The van der Waals surface area contributed by atoms with Crippen LogP contribution in [0.4, 0.5) is 0 Å². The Labute approximate surface area is 238 Å². The molecule has 1 aliphatic rings. The summed E-state index contributed by atoms with van der Waals surface area (Å²) < 4.78 is 17.6. The lowest BCUT2D eigenvalue weighted by Gasteiger charge is -2.29. The van der Waals surface area contributed by atoms with Crippen molar-refractivity contribution in [2.75, 3.05) is 0 Å². The van der Waals surface area contributed by atoms with E-state index in [1.807, 2.05) is 126 Å². The maximum Gasteiger partial charge on any atom is 0.243 e. The fourth-order valence-electron chi connectivity index (χ4n) is 6.27. The molecule has 7 rings (SSSR count). The molecule has 0 saturated heterocycles. The highest BCUT2D eigenvalue weighted by Crippen LogP contribution is 2.60. The zero-order chi connectivity index (χ0) is 27.3. The van der Waals surface area contributed by atoms with E-state index in [0.717, 1.165) is 33.3 Å². The van der Waals surface area contributed by atoms with Crippen LogP contribution in [0.3, 0.4) is 0 Å². The van der Waals surface area contributed by atoms with Crippen molar-refractivity contribution in [2.45, 2.75) is 11.6 Å². The topological polar surface area (TPSA) is 39.1 Å². The number of carbonyl (C=O) groups is 1. The molecule has 194 valence electrons. The molecule has 2 heterocycles. The van der Waals surface area contributed by atoms with Gasteiger partial charge in [0.25, 0.3) is 0 Å². The first-order valence-corrected chi connectivity index (χ1v) is 15.4. The van der Waals surface area contributed by atoms with Crippen LogP contribution in [0.25, 0.3) is 22.0 Å². The minimum absolute atomic E-state index is 0.149. The Bertz CT molecular complexity index is 1850. The van der Waals surface area contributed by atoms with Crippen molar-refractivity contribution in [2.24, 2.45) is 0 Å². The van der Waals surface area contributed by atoms with Gasteiger partial charge in [-0.1, -0.05) is 133 Å². The van der Waals surface area contributed by atoms with E-state index in [0.29, 0.717) is 15.6 Å². The number of hydrogen-bond donors (Lipinski definition) is 0. The summed E-state index contributed by atoms with van der Waals surface area (Å²) in [5.41, 5.74) is 3.80. The standard InChI is InChI=1S/C35H25ClNO2P/c36-26-22-20-25(21-23-26)32-33-31(24-12-4-1-5-13-24)29-18-10-11-19-30(29)37(33)35(38)34(32)40(39,27-14-6-2-7-15-27)28-16-8-3-9-17-28/h1-23,32,34H/t32-,34+/m1/s1. The summed E-state index contributed by atoms with van der Waals surface area (Å²) in [5, 5.41) is 2.97. The highest BCUT2D eigenvalue weighted by Gasteiger charge is 2.54. The lowest BCUT2D eigenvalue weighted by Crippen LogP contribution is -2.33. The predicted molar refractivity (Wildman–Crippen MR) is 165 cm³/mol. The van der Waals surface area contributed by atoms with Crippen LogP contribution in [-0.2, 0) is 4.57 Å². The average Bonchev–Trinajstić information content (AvgIpc) is 3.51. The number of rotatable bonds is 5. The molecule has 2 atom stereocenters.